The van der Waals surface area contributed by atoms with E-state index >= 15 is 0 Å². The van der Waals surface area contributed by atoms with Crippen molar-refractivity contribution >= 4 is 0 Å². The van der Waals surface area contributed by atoms with Gasteiger partial charge in [-0.15, -0.1) is 0 Å². The van der Waals surface area contributed by atoms with Crippen LogP contribution in [-0.4, -0.2) is 25.8 Å². The molecule has 0 bridgehead atoms. The average Bonchev–Trinajstić information content (AvgIpc) is 2.50. The predicted octanol–water partition coefficient (Wildman–Crippen LogP) is 3.56. The third kappa shape index (κ3) is 4.41. The zero-order valence-corrected chi connectivity index (χ0v) is 12.8. The Bertz CT molecular complexity index is 406. The Morgan fingerprint density at radius 1 is 1.15 bits per heavy atom. The molecule has 0 aliphatic carbocycles. The van der Waals surface area contributed by atoms with Crippen LogP contribution in [0, 0.1) is 0 Å². The van der Waals surface area contributed by atoms with Crippen LogP contribution in [0.15, 0.2) is 18.2 Å². The van der Waals surface area contributed by atoms with Gasteiger partial charge in [-0.25, -0.2) is 0 Å². The lowest BCUT2D eigenvalue weighted by Crippen LogP contribution is -2.30. The summed E-state index contributed by atoms with van der Waals surface area (Å²) in [7, 11) is 0. The van der Waals surface area contributed by atoms with Crippen molar-refractivity contribution in [1.29, 1.82) is 0 Å². The SMILES string of the molecule is CCCCC(CC)NCCc1ccc2c(c1)OCCO2. The number of unbranched alkanes of at least 4 members (excludes halogenated alkanes) is 1. The average molecular weight is 277 g/mol. The zero-order valence-electron chi connectivity index (χ0n) is 12.8. The van der Waals surface area contributed by atoms with Crippen molar-refractivity contribution in [3.63, 3.8) is 0 Å². The summed E-state index contributed by atoms with van der Waals surface area (Å²) >= 11 is 0. The summed E-state index contributed by atoms with van der Waals surface area (Å²) in [6, 6.07) is 6.94. The normalized spacial score (nSPS) is 15.1. The van der Waals surface area contributed by atoms with Crippen LogP contribution in [0.4, 0.5) is 0 Å². The number of ether oxygens (including phenoxy) is 2. The summed E-state index contributed by atoms with van der Waals surface area (Å²) in [5.41, 5.74) is 1.31. The molecule has 1 atom stereocenters. The van der Waals surface area contributed by atoms with Crippen LogP contribution < -0.4 is 14.8 Å². The van der Waals surface area contributed by atoms with Gasteiger partial charge in [0.25, 0.3) is 0 Å². The van der Waals surface area contributed by atoms with Gasteiger partial charge in [0.05, 0.1) is 0 Å². The molecule has 1 N–H and O–H groups in total. The van der Waals surface area contributed by atoms with Crippen LogP contribution in [0.3, 0.4) is 0 Å². The molecule has 0 fully saturated rings. The molecule has 3 nitrogen and oxygen atoms in total. The van der Waals surface area contributed by atoms with Gasteiger partial charge >= 0.3 is 0 Å². The molecule has 20 heavy (non-hydrogen) atoms. The lowest BCUT2D eigenvalue weighted by atomic mass is 10.1. The fourth-order valence-electron chi connectivity index (χ4n) is 2.56. The maximum absolute atomic E-state index is 5.62. The first-order valence-electron chi connectivity index (χ1n) is 7.95. The first-order valence-corrected chi connectivity index (χ1v) is 7.95. The number of hydrogen-bond donors (Lipinski definition) is 1. The van der Waals surface area contributed by atoms with Crippen molar-refractivity contribution in [2.75, 3.05) is 19.8 Å². The van der Waals surface area contributed by atoms with Gasteiger partial charge in [-0.05, 0) is 43.5 Å². The van der Waals surface area contributed by atoms with Gasteiger partial charge in [0.15, 0.2) is 11.5 Å². The standard InChI is InChI=1S/C17H27NO2/c1-3-5-6-15(4-2)18-10-9-14-7-8-16-17(13-14)20-12-11-19-16/h7-8,13,15,18H,3-6,9-12H2,1-2H3. The van der Waals surface area contributed by atoms with Crippen LogP contribution in [0.5, 0.6) is 11.5 Å². The predicted molar refractivity (Wildman–Crippen MR) is 82.7 cm³/mol. The summed E-state index contributed by atoms with van der Waals surface area (Å²) in [6.45, 7) is 6.86. The number of hydrogen-bond acceptors (Lipinski definition) is 3. The van der Waals surface area contributed by atoms with Crippen LogP contribution in [0.1, 0.15) is 45.1 Å². The Hall–Kier alpha value is -1.22. The van der Waals surface area contributed by atoms with Crippen LogP contribution in [0.25, 0.3) is 0 Å². The molecule has 0 radical (unpaired) electrons. The Balaban J connectivity index is 1.78. The van der Waals surface area contributed by atoms with Gasteiger partial charge in [-0.3, -0.25) is 0 Å². The van der Waals surface area contributed by atoms with Gasteiger partial charge < -0.3 is 14.8 Å². The minimum atomic E-state index is 0.656. The molecule has 2 rings (SSSR count). The van der Waals surface area contributed by atoms with E-state index in [0.29, 0.717) is 19.3 Å². The third-order valence-electron chi connectivity index (χ3n) is 3.85. The van der Waals surface area contributed by atoms with E-state index in [1.165, 1.54) is 31.2 Å². The molecule has 1 heterocycles. The minimum Gasteiger partial charge on any atom is -0.486 e. The lowest BCUT2D eigenvalue weighted by Gasteiger charge is -2.19. The van der Waals surface area contributed by atoms with Gasteiger partial charge in [-0.1, -0.05) is 32.8 Å². The second kappa shape index (κ2) is 8.15. The molecule has 1 aromatic rings. The first-order chi connectivity index (χ1) is 9.83. The number of rotatable bonds is 8. The van der Waals surface area contributed by atoms with Gasteiger partial charge in [0, 0.05) is 6.04 Å². The van der Waals surface area contributed by atoms with Crippen molar-refractivity contribution in [3.8, 4) is 11.5 Å². The van der Waals surface area contributed by atoms with Crippen molar-refractivity contribution in [1.82, 2.24) is 5.32 Å². The molecule has 0 saturated carbocycles. The third-order valence-corrected chi connectivity index (χ3v) is 3.85. The zero-order chi connectivity index (χ0) is 14.2. The molecule has 0 aromatic heterocycles. The molecule has 0 saturated heterocycles. The van der Waals surface area contributed by atoms with Gasteiger partial charge in [0.1, 0.15) is 13.2 Å². The molecule has 112 valence electrons. The van der Waals surface area contributed by atoms with Crippen LogP contribution >= 0.6 is 0 Å². The Kier molecular flexibility index (Phi) is 6.19. The molecule has 0 spiro atoms. The van der Waals surface area contributed by atoms with Crippen LogP contribution in [-0.2, 0) is 6.42 Å². The van der Waals surface area contributed by atoms with E-state index in [-0.39, 0.29) is 0 Å². The molecule has 1 unspecified atom stereocenters. The summed E-state index contributed by atoms with van der Waals surface area (Å²) in [5, 5.41) is 3.66. The van der Waals surface area contributed by atoms with E-state index in [9.17, 15) is 0 Å². The van der Waals surface area contributed by atoms with E-state index in [4.69, 9.17) is 9.47 Å². The highest BCUT2D eigenvalue weighted by molar-refractivity contribution is 5.43. The largest absolute Gasteiger partial charge is 0.486 e. The van der Waals surface area contributed by atoms with E-state index in [1.807, 2.05) is 6.07 Å². The lowest BCUT2D eigenvalue weighted by molar-refractivity contribution is 0.171. The maximum Gasteiger partial charge on any atom is 0.161 e. The molecule has 0 amide bonds. The van der Waals surface area contributed by atoms with E-state index in [2.05, 4.69) is 31.3 Å². The smallest absolute Gasteiger partial charge is 0.161 e. The summed E-state index contributed by atoms with van der Waals surface area (Å²) in [6.07, 6.45) is 6.13. The minimum absolute atomic E-state index is 0.656. The number of benzene rings is 1. The monoisotopic (exact) mass is 277 g/mol. The van der Waals surface area contributed by atoms with Gasteiger partial charge in [0.2, 0.25) is 0 Å². The first kappa shape index (κ1) is 15.2. The molecular formula is C17H27NO2. The topological polar surface area (TPSA) is 30.5 Å². The van der Waals surface area contributed by atoms with Gasteiger partial charge in [-0.2, -0.15) is 0 Å². The molecule has 3 heteroatoms. The van der Waals surface area contributed by atoms with Crippen molar-refractivity contribution in [2.24, 2.45) is 0 Å². The fourth-order valence-corrected chi connectivity index (χ4v) is 2.56. The summed E-state index contributed by atoms with van der Waals surface area (Å²) in [4.78, 5) is 0. The summed E-state index contributed by atoms with van der Waals surface area (Å²) < 4.78 is 11.2. The highest BCUT2D eigenvalue weighted by Crippen LogP contribution is 2.30. The van der Waals surface area contributed by atoms with Crippen molar-refractivity contribution in [2.45, 2.75) is 52.0 Å². The number of nitrogens with one attached hydrogen (secondary N) is 1. The highest BCUT2D eigenvalue weighted by Gasteiger charge is 2.11. The molecule has 1 aliphatic heterocycles. The molecular weight excluding hydrogens is 250 g/mol. The highest BCUT2D eigenvalue weighted by atomic mass is 16.6. The van der Waals surface area contributed by atoms with E-state index < -0.39 is 0 Å². The second-order valence-corrected chi connectivity index (χ2v) is 5.43. The second-order valence-electron chi connectivity index (χ2n) is 5.43. The quantitative estimate of drug-likeness (QED) is 0.788. The van der Waals surface area contributed by atoms with Crippen LogP contribution in [0.2, 0.25) is 0 Å². The van der Waals surface area contributed by atoms with Crippen molar-refractivity contribution in [3.05, 3.63) is 23.8 Å². The molecule has 1 aliphatic rings. The van der Waals surface area contributed by atoms with E-state index in [0.717, 1.165) is 24.5 Å². The fraction of sp³-hybridized carbons (Fsp3) is 0.647. The Morgan fingerprint density at radius 3 is 2.70 bits per heavy atom. The summed E-state index contributed by atoms with van der Waals surface area (Å²) in [5.74, 6) is 1.77. The maximum atomic E-state index is 5.62. The Morgan fingerprint density at radius 2 is 1.95 bits per heavy atom. The number of fused-ring (bicyclic) bond motifs is 1. The van der Waals surface area contributed by atoms with E-state index in [1.54, 1.807) is 0 Å². The Labute approximate surface area is 122 Å². The molecule has 1 aromatic carbocycles. The van der Waals surface area contributed by atoms with Crippen molar-refractivity contribution < 1.29 is 9.47 Å².